The highest BCUT2D eigenvalue weighted by molar-refractivity contribution is 9.10. The van der Waals surface area contributed by atoms with Crippen LogP contribution in [-0.4, -0.2) is 14.9 Å². The van der Waals surface area contributed by atoms with Crippen LogP contribution in [0.1, 0.15) is 12.6 Å². The second-order valence-electron chi connectivity index (χ2n) is 3.83. The smallest absolute Gasteiger partial charge is 0.269 e. The highest BCUT2D eigenvalue weighted by atomic mass is 79.9. The zero-order chi connectivity index (χ0) is 14.0. The number of aromatic nitrogens is 2. The van der Waals surface area contributed by atoms with Crippen molar-refractivity contribution in [2.24, 2.45) is 0 Å². The largest absolute Gasteiger partial charge is 0.306 e. The summed E-state index contributed by atoms with van der Waals surface area (Å²) in [4.78, 5) is 28.8. The highest BCUT2D eigenvalue weighted by Gasteiger charge is 2.10. The normalized spacial score (nSPS) is 10.4. The minimum Gasteiger partial charge on any atom is -0.306 e. The van der Waals surface area contributed by atoms with Gasteiger partial charge in [0.15, 0.2) is 0 Å². The zero-order valence-electron chi connectivity index (χ0n) is 10.0. The molecule has 6 nitrogen and oxygen atoms in total. The van der Waals surface area contributed by atoms with Crippen LogP contribution in [0.15, 0.2) is 33.5 Å². The van der Waals surface area contributed by atoms with E-state index in [9.17, 15) is 14.9 Å². The summed E-state index contributed by atoms with van der Waals surface area (Å²) in [6.45, 7) is 1.89. The van der Waals surface area contributed by atoms with Crippen molar-refractivity contribution in [3.63, 3.8) is 0 Å². The molecule has 1 N–H and O–H groups in total. The average Bonchev–Trinajstić information content (AvgIpc) is 2.41. The molecule has 1 aromatic carbocycles. The first-order valence-electron chi connectivity index (χ1n) is 5.56. The van der Waals surface area contributed by atoms with Crippen molar-refractivity contribution < 1.29 is 4.92 Å². The Kier molecular flexibility index (Phi) is 3.75. The van der Waals surface area contributed by atoms with Crippen LogP contribution in [0.4, 0.5) is 5.69 Å². The summed E-state index contributed by atoms with van der Waals surface area (Å²) in [6, 6.07) is 5.87. The number of non-ortho nitro benzene ring substituents is 1. The number of nitro groups is 1. The number of nitrogens with one attached hydrogen (secondary N) is 1. The highest BCUT2D eigenvalue weighted by Crippen LogP contribution is 2.20. The lowest BCUT2D eigenvalue weighted by atomic mass is 10.2. The van der Waals surface area contributed by atoms with E-state index in [-0.39, 0.29) is 11.2 Å². The molecule has 7 heteroatoms. The second-order valence-corrected chi connectivity index (χ2v) is 4.63. The molecule has 0 spiro atoms. The Hall–Kier alpha value is -2.02. The van der Waals surface area contributed by atoms with Gasteiger partial charge in [0, 0.05) is 17.7 Å². The molecule has 0 saturated carbocycles. The van der Waals surface area contributed by atoms with Gasteiger partial charge in [0.2, 0.25) is 0 Å². The SMILES string of the molecule is CCc1nc(-c2ccc([N+](=O)[O-])cc2)[nH]c(=O)c1Br. The summed E-state index contributed by atoms with van der Waals surface area (Å²) in [6.07, 6.45) is 0.616. The van der Waals surface area contributed by atoms with Crippen molar-refractivity contribution in [1.29, 1.82) is 0 Å². The van der Waals surface area contributed by atoms with Crippen LogP contribution in [0.25, 0.3) is 11.4 Å². The van der Waals surface area contributed by atoms with E-state index in [1.165, 1.54) is 12.1 Å². The number of hydrogen-bond acceptors (Lipinski definition) is 4. The first-order valence-corrected chi connectivity index (χ1v) is 6.35. The van der Waals surface area contributed by atoms with Crippen LogP contribution in [0.5, 0.6) is 0 Å². The van der Waals surface area contributed by atoms with Gasteiger partial charge in [-0.15, -0.1) is 0 Å². The summed E-state index contributed by atoms with van der Waals surface area (Å²) >= 11 is 3.18. The number of rotatable bonds is 3. The number of aryl methyl sites for hydroxylation is 1. The maximum Gasteiger partial charge on any atom is 0.269 e. The second kappa shape index (κ2) is 5.31. The first kappa shape index (κ1) is 13.4. The Morgan fingerprint density at radius 1 is 1.37 bits per heavy atom. The number of benzene rings is 1. The summed E-state index contributed by atoms with van der Waals surface area (Å²) in [7, 11) is 0. The Morgan fingerprint density at radius 3 is 2.53 bits per heavy atom. The molecule has 1 aromatic heterocycles. The van der Waals surface area contributed by atoms with Crippen LogP contribution in [0, 0.1) is 10.1 Å². The molecule has 0 aliphatic rings. The summed E-state index contributed by atoms with van der Waals surface area (Å²) in [5.41, 5.74) is 1.01. The quantitative estimate of drug-likeness (QED) is 0.694. The van der Waals surface area contributed by atoms with Crippen molar-refractivity contribution in [3.05, 3.63) is 54.9 Å². The van der Waals surface area contributed by atoms with Crippen LogP contribution in [0.2, 0.25) is 0 Å². The van der Waals surface area contributed by atoms with Gasteiger partial charge in [-0.2, -0.15) is 0 Å². The molecule has 0 bridgehead atoms. The van der Waals surface area contributed by atoms with E-state index in [0.717, 1.165) is 0 Å². The maximum absolute atomic E-state index is 11.7. The third-order valence-corrected chi connectivity index (χ3v) is 3.44. The van der Waals surface area contributed by atoms with E-state index in [1.54, 1.807) is 12.1 Å². The van der Waals surface area contributed by atoms with Gasteiger partial charge in [0.25, 0.3) is 11.2 Å². The lowest BCUT2D eigenvalue weighted by Crippen LogP contribution is -2.13. The van der Waals surface area contributed by atoms with E-state index in [1.807, 2.05) is 6.92 Å². The van der Waals surface area contributed by atoms with Gasteiger partial charge in [0.1, 0.15) is 10.3 Å². The fourth-order valence-electron chi connectivity index (χ4n) is 1.62. The first-order chi connectivity index (χ1) is 9.02. The van der Waals surface area contributed by atoms with Crippen molar-refractivity contribution in [2.75, 3.05) is 0 Å². The molecule has 19 heavy (non-hydrogen) atoms. The van der Waals surface area contributed by atoms with Gasteiger partial charge in [-0.3, -0.25) is 14.9 Å². The monoisotopic (exact) mass is 323 g/mol. The van der Waals surface area contributed by atoms with Crippen LogP contribution in [-0.2, 0) is 6.42 Å². The molecule has 0 saturated heterocycles. The number of hydrogen-bond donors (Lipinski definition) is 1. The number of halogens is 1. The lowest BCUT2D eigenvalue weighted by molar-refractivity contribution is -0.384. The summed E-state index contributed by atoms with van der Waals surface area (Å²) in [5.74, 6) is 0.403. The minimum atomic E-state index is -0.473. The molecule has 1 heterocycles. The number of H-pyrrole nitrogens is 1. The molecule has 2 aromatic rings. The number of nitrogens with zero attached hydrogens (tertiary/aromatic N) is 2. The van der Waals surface area contributed by atoms with Crippen molar-refractivity contribution in [1.82, 2.24) is 9.97 Å². The van der Waals surface area contributed by atoms with E-state index in [0.29, 0.717) is 28.0 Å². The number of aromatic amines is 1. The molecule has 0 amide bonds. The van der Waals surface area contributed by atoms with E-state index in [4.69, 9.17) is 0 Å². The molecule has 0 atom stereocenters. The molecule has 0 aliphatic carbocycles. The lowest BCUT2D eigenvalue weighted by Gasteiger charge is -2.04. The maximum atomic E-state index is 11.7. The zero-order valence-corrected chi connectivity index (χ0v) is 11.6. The number of nitro benzene ring substituents is 1. The topological polar surface area (TPSA) is 88.9 Å². The van der Waals surface area contributed by atoms with Crippen molar-refractivity contribution in [3.8, 4) is 11.4 Å². The Morgan fingerprint density at radius 2 is 2.00 bits per heavy atom. The third-order valence-electron chi connectivity index (χ3n) is 2.62. The average molecular weight is 324 g/mol. The van der Waals surface area contributed by atoms with Gasteiger partial charge in [-0.1, -0.05) is 6.92 Å². The van der Waals surface area contributed by atoms with Gasteiger partial charge in [0.05, 0.1) is 10.6 Å². The summed E-state index contributed by atoms with van der Waals surface area (Å²) < 4.78 is 0.417. The van der Waals surface area contributed by atoms with Gasteiger partial charge in [-0.25, -0.2) is 4.98 Å². The van der Waals surface area contributed by atoms with E-state index >= 15 is 0 Å². The predicted octanol–water partition coefficient (Wildman–Crippen LogP) is 2.67. The molecule has 0 aliphatic heterocycles. The van der Waals surface area contributed by atoms with Crippen LogP contribution in [0.3, 0.4) is 0 Å². The van der Waals surface area contributed by atoms with Crippen LogP contribution < -0.4 is 5.56 Å². The van der Waals surface area contributed by atoms with Crippen molar-refractivity contribution >= 4 is 21.6 Å². The van der Waals surface area contributed by atoms with Gasteiger partial charge in [-0.05, 0) is 34.5 Å². The Balaban J connectivity index is 2.50. The predicted molar refractivity (Wildman–Crippen MR) is 74.0 cm³/mol. The standard InChI is InChI=1S/C12H10BrN3O3/c1-2-9-10(13)12(17)15-11(14-9)7-3-5-8(6-4-7)16(18)19/h3-6H,2H2,1H3,(H,14,15,17). The Labute approximate surface area is 116 Å². The Bertz CT molecular complexity index is 680. The fraction of sp³-hybridized carbons (Fsp3) is 0.167. The molecule has 0 radical (unpaired) electrons. The van der Waals surface area contributed by atoms with Crippen molar-refractivity contribution in [2.45, 2.75) is 13.3 Å². The molecule has 2 rings (SSSR count). The molecular weight excluding hydrogens is 314 g/mol. The van der Waals surface area contributed by atoms with E-state index in [2.05, 4.69) is 25.9 Å². The van der Waals surface area contributed by atoms with Gasteiger partial charge < -0.3 is 4.98 Å². The van der Waals surface area contributed by atoms with Crippen LogP contribution >= 0.6 is 15.9 Å². The van der Waals surface area contributed by atoms with Gasteiger partial charge >= 0.3 is 0 Å². The third kappa shape index (κ3) is 2.70. The molecular formula is C12H10BrN3O3. The molecule has 0 fully saturated rings. The molecule has 98 valence electrons. The minimum absolute atomic E-state index is 0.000997. The molecule has 0 unspecified atom stereocenters. The van der Waals surface area contributed by atoms with E-state index < -0.39 is 4.92 Å². The summed E-state index contributed by atoms with van der Waals surface area (Å²) in [5, 5.41) is 10.6. The fourth-order valence-corrected chi connectivity index (χ4v) is 2.09.